The number of carbonyl (C=O) groups is 1. The zero-order valence-corrected chi connectivity index (χ0v) is 14.5. The highest BCUT2D eigenvalue weighted by Gasteiger charge is 2.12. The molecule has 1 unspecified atom stereocenters. The Bertz CT molecular complexity index is 642. The molecule has 4 nitrogen and oxygen atoms in total. The lowest BCUT2D eigenvalue weighted by atomic mass is 10.2. The minimum atomic E-state index is -0.0960. The molecule has 1 aromatic carbocycles. The van der Waals surface area contributed by atoms with Gasteiger partial charge in [0.25, 0.3) is 0 Å². The third kappa shape index (κ3) is 4.22. The second-order valence-electron chi connectivity index (χ2n) is 4.63. The van der Waals surface area contributed by atoms with E-state index in [9.17, 15) is 4.79 Å². The minimum absolute atomic E-state index is 0.0960. The van der Waals surface area contributed by atoms with Crippen molar-refractivity contribution in [3.05, 3.63) is 39.0 Å². The van der Waals surface area contributed by atoms with Crippen LogP contribution in [-0.2, 0) is 4.79 Å². The summed E-state index contributed by atoms with van der Waals surface area (Å²) in [4.78, 5) is 12.4. The molecule has 0 radical (unpaired) electrons. The Balaban J connectivity index is 2.22. The molecule has 0 aliphatic heterocycles. The number of nitrogens with one attached hydrogen (secondary N) is 2. The first kappa shape index (κ1) is 15.9. The first-order valence-electron chi connectivity index (χ1n) is 6.45. The maximum atomic E-state index is 11.2. The lowest BCUT2D eigenvalue weighted by Crippen LogP contribution is -2.09. The number of rotatable bonds is 5. The van der Waals surface area contributed by atoms with Gasteiger partial charge in [-0.1, -0.05) is 0 Å². The normalized spacial score (nSPS) is 11.8. The number of carbonyl (C=O) groups excluding carboxylic acids is 1. The van der Waals surface area contributed by atoms with E-state index < -0.39 is 0 Å². The first-order chi connectivity index (χ1) is 9.99. The second-order valence-corrected chi connectivity index (χ2v) is 6.49. The van der Waals surface area contributed by atoms with E-state index in [4.69, 9.17) is 4.74 Å². The highest BCUT2D eigenvalue weighted by Crippen LogP contribution is 2.33. The zero-order valence-electron chi connectivity index (χ0n) is 12.1. The van der Waals surface area contributed by atoms with Gasteiger partial charge in [-0.25, -0.2) is 0 Å². The van der Waals surface area contributed by atoms with Gasteiger partial charge in [0.1, 0.15) is 5.75 Å². The fraction of sp³-hybridized carbons (Fsp3) is 0.267. The minimum Gasteiger partial charge on any atom is -0.495 e. The molecular weight excluding hydrogens is 352 g/mol. The summed E-state index contributed by atoms with van der Waals surface area (Å²) >= 11 is 5.15. The van der Waals surface area contributed by atoms with Gasteiger partial charge in [0.2, 0.25) is 5.91 Å². The first-order valence-corrected chi connectivity index (χ1v) is 8.13. The molecule has 2 aromatic rings. The summed E-state index contributed by atoms with van der Waals surface area (Å²) in [7, 11) is 1.63. The van der Waals surface area contributed by atoms with Crippen molar-refractivity contribution in [3.63, 3.8) is 0 Å². The molecule has 0 aliphatic rings. The van der Waals surface area contributed by atoms with Crippen molar-refractivity contribution in [2.75, 3.05) is 17.7 Å². The predicted molar refractivity (Wildman–Crippen MR) is 91.4 cm³/mol. The Morgan fingerprint density at radius 2 is 2.14 bits per heavy atom. The van der Waals surface area contributed by atoms with Gasteiger partial charge < -0.3 is 15.4 Å². The van der Waals surface area contributed by atoms with E-state index in [1.54, 1.807) is 18.4 Å². The summed E-state index contributed by atoms with van der Waals surface area (Å²) in [6.07, 6.45) is 0. The van der Waals surface area contributed by atoms with Gasteiger partial charge in [-0.15, -0.1) is 11.3 Å². The van der Waals surface area contributed by atoms with Crippen LogP contribution in [0.4, 0.5) is 11.4 Å². The molecule has 0 saturated heterocycles. The number of hydrogen-bond donors (Lipinski definition) is 2. The molecule has 1 heterocycles. The number of anilines is 2. The van der Waals surface area contributed by atoms with Crippen LogP contribution < -0.4 is 15.4 Å². The maximum absolute atomic E-state index is 11.2. The number of thiophene rings is 1. The average molecular weight is 369 g/mol. The highest BCUT2D eigenvalue weighted by atomic mass is 79.9. The molecule has 0 fully saturated rings. The number of hydrogen-bond acceptors (Lipinski definition) is 4. The van der Waals surface area contributed by atoms with E-state index in [1.807, 2.05) is 18.2 Å². The van der Waals surface area contributed by atoms with Gasteiger partial charge >= 0.3 is 0 Å². The Morgan fingerprint density at radius 3 is 2.71 bits per heavy atom. The quantitative estimate of drug-likeness (QED) is 0.807. The molecule has 1 aromatic heterocycles. The van der Waals surface area contributed by atoms with Crippen LogP contribution >= 0.6 is 27.3 Å². The summed E-state index contributed by atoms with van der Waals surface area (Å²) in [6.45, 7) is 3.58. The summed E-state index contributed by atoms with van der Waals surface area (Å²) in [5.74, 6) is 0.646. The monoisotopic (exact) mass is 368 g/mol. The topological polar surface area (TPSA) is 50.4 Å². The van der Waals surface area contributed by atoms with E-state index >= 15 is 0 Å². The molecule has 112 valence electrons. The van der Waals surface area contributed by atoms with Gasteiger partial charge in [-0.2, -0.15) is 0 Å². The molecule has 0 aliphatic carbocycles. The van der Waals surface area contributed by atoms with Crippen LogP contribution in [0.15, 0.2) is 34.1 Å². The predicted octanol–water partition coefficient (Wildman–Crippen LogP) is 4.65. The molecule has 6 heteroatoms. The van der Waals surface area contributed by atoms with Crippen LogP contribution in [0.5, 0.6) is 5.75 Å². The standard InChI is InChI=1S/C15H17BrN2O2S/c1-9(15-6-11(16)8-21-15)17-13-7-12(18-10(2)19)4-5-14(13)20-3/h4-9,17H,1-3H3,(H,18,19). The largest absolute Gasteiger partial charge is 0.495 e. The van der Waals surface area contributed by atoms with Crippen molar-refractivity contribution in [2.24, 2.45) is 0 Å². The second kappa shape index (κ2) is 6.95. The van der Waals surface area contributed by atoms with E-state index in [0.717, 1.165) is 21.6 Å². The van der Waals surface area contributed by atoms with E-state index in [-0.39, 0.29) is 11.9 Å². The van der Waals surface area contributed by atoms with Crippen molar-refractivity contribution in [1.29, 1.82) is 0 Å². The number of halogens is 1. The van der Waals surface area contributed by atoms with Crippen molar-refractivity contribution < 1.29 is 9.53 Å². The third-order valence-electron chi connectivity index (χ3n) is 2.91. The fourth-order valence-electron chi connectivity index (χ4n) is 1.96. The Hall–Kier alpha value is -1.53. The lowest BCUT2D eigenvalue weighted by Gasteiger charge is -2.17. The Morgan fingerprint density at radius 1 is 1.38 bits per heavy atom. The highest BCUT2D eigenvalue weighted by molar-refractivity contribution is 9.10. The van der Waals surface area contributed by atoms with Crippen LogP contribution in [0.2, 0.25) is 0 Å². The lowest BCUT2D eigenvalue weighted by molar-refractivity contribution is -0.114. The van der Waals surface area contributed by atoms with Crippen LogP contribution in [0.25, 0.3) is 0 Å². The molecule has 2 N–H and O–H groups in total. The van der Waals surface area contributed by atoms with Gasteiger partial charge in [0.15, 0.2) is 0 Å². The van der Waals surface area contributed by atoms with Crippen LogP contribution in [0.1, 0.15) is 24.8 Å². The van der Waals surface area contributed by atoms with Crippen molar-refractivity contribution in [2.45, 2.75) is 19.9 Å². The summed E-state index contributed by atoms with van der Waals surface area (Å²) in [5.41, 5.74) is 1.59. The van der Waals surface area contributed by atoms with Gasteiger partial charge in [0.05, 0.1) is 18.8 Å². The van der Waals surface area contributed by atoms with Gasteiger partial charge in [-0.3, -0.25) is 4.79 Å². The molecule has 1 atom stereocenters. The van der Waals surface area contributed by atoms with Gasteiger partial charge in [0, 0.05) is 27.3 Å². The molecule has 0 bridgehead atoms. The molecule has 2 rings (SSSR count). The molecular formula is C15H17BrN2O2S. The molecule has 0 spiro atoms. The number of ether oxygens (including phenoxy) is 1. The van der Waals surface area contributed by atoms with Crippen LogP contribution in [0.3, 0.4) is 0 Å². The maximum Gasteiger partial charge on any atom is 0.221 e. The van der Waals surface area contributed by atoms with E-state index in [0.29, 0.717) is 0 Å². The molecule has 1 amide bonds. The van der Waals surface area contributed by atoms with Gasteiger partial charge in [-0.05, 0) is 47.1 Å². The molecule has 0 saturated carbocycles. The number of benzene rings is 1. The SMILES string of the molecule is COc1ccc(NC(C)=O)cc1NC(C)c1cc(Br)cs1. The smallest absolute Gasteiger partial charge is 0.221 e. The Labute approximate surface area is 136 Å². The summed E-state index contributed by atoms with van der Waals surface area (Å²) in [5, 5.41) is 8.25. The van der Waals surface area contributed by atoms with Crippen molar-refractivity contribution >= 4 is 44.5 Å². The molecule has 21 heavy (non-hydrogen) atoms. The third-order valence-corrected chi connectivity index (χ3v) is 4.78. The summed E-state index contributed by atoms with van der Waals surface area (Å²) < 4.78 is 6.45. The fourth-order valence-corrected chi connectivity index (χ4v) is 3.41. The van der Waals surface area contributed by atoms with Crippen molar-refractivity contribution in [3.8, 4) is 5.75 Å². The van der Waals surface area contributed by atoms with E-state index in [1.165, 1.54) is 11.8 Å². The zero-order chi connectivity index (χ0) is 15.4. The average Bonchev–Trinajstić information content (AvgIpc) is 2.85. The van der Waals surface area contributed by atoms with Crippen LogP contribution in [-0.4, -0.2) is 13.0 Å². The number of amides is 1. The van der Waals surface area contributed by atoms with Crippen molar-refractivity contribution in [1.82, 2.24) is 0 Å². The Kier molecular flexibility index (Phi) is 5.25. The van der Waals surface area contributed by atoms with E-state index in [2.05, 4.69) is 44.9 Å². The van der Waals surface area contributed by atoms with Crippen LogP contribution in [0, 0.1) is 0 Å². The summed E-state index contributed by atoms with van der Waals surface area (Å²) in [6, 6.07) is 7.76. The number of methoxy groups -OCH3 is 1.